The number of hydrogen-bond acceptors (Lipinski definition) is 3. The molecule has 0 aliphatic carbocycles. The number of benzene rings is 2. The minimum Gasteiger partial charge on any atom is -0.444 e. The Kier molecular flexibility index (Phi) is 1.59. The average molecular weight is 197 g/mol. The maximum absolute atomic E-state index is 11.5. The van der Waals surface area contributed by atoms with E-state index in [1.165, 1.54) is 6.39 Å². The van der Waals surface area contributed by atoms with Crippen molar-refractivity contribution in [2.24, 2.45) is 0 Å². The van der Waals surface area contributed by atoms with Crippen LogP contribution in [0.3, 0.4) is 0 Å². The third kappa shape index (κ3) is 1.13. The minimum absolute atomic E-state index is 0.248. The van der Waals surface area contributed by atoms with Crippen LogP contribution < -0.4 is 5.56 Å². The quantitative estimate of drug-likeness (QED) is 0.519. The van der Waals surface area contributed by atoms with Crippen molar-refractivity contribution in [1.82, 2.24) is 4.98 Å². The number of hydrogen-bond donors (Lipinski definition) is 0. The van der Waals surface area contributed by atoms with Crippen molar-refractivity contribution >= 4 is 21.7 Å². The lowest BCUT2D eigenvalue weighted by atomic mass is 10.1. The summed E-state index contributed by atoms with van der Waals surface area (Å²) in [5.74, 6) is 0. The fraction of sp³-hybridized carbons (Fsp3) is 0. The molecule has 0 aliphatic rings. The Hall–Kier alpha value is -2.16. The first kappa shape index (κ1) is 8.17. The third-order valence-electron chi connectivity index (χ3n) is 2.45. The van der Waals surface area contributed by atoms with E-state index in [0.29, 0.717) is 11.0 Å². The first-order chi connectivity index (χ1) is 7.36. The van der Waals surface area contributed by atoms with Crippen LogP contribution in [0.25, 0.3) is 21.7 Å². The van der Waals surface area contributed by atoms with E-state index in [9.17, 15) is 4.79 Å². The highest BCUT2D eigenvalue weighted by atomic mass is 16.3. The summed E-state index contributed by atoms with van der Waals surface area (Å²) in [4.78, 5) is 15.0. The molecule has 0 bridgehead atoms. The molecule has 0 unspecified atom stereocenters. The van der Waals surface area contributed by atoms with Gasteiger partial charge in [-0.25, -0.2) is 0 Å². The number of rotatable bonds is 0. The van der Waals surface area contributed by atoms with Gasteiger partial charge in [0.15, 0.2) is 6.39 Å². The molecule has 3 heteroatoms. The van der Waals surface area contributed by atoms with E-state index >= 15 is 0 Å². The van der Waals surface area contributed by atoms with Crippen molar-refractivity contribution in [3.05, 3.63) is 53.1 Å². The normalized spacial score (nSPS) is 10.9. The molecule has 0 fully saturated rings. The van der Waals surface area contributed by atoms with E-state index in [1.54, 1.807) is 6.07 Å². The van der Waals surface area contributed by atoms with Gasteiger partial charge in [-0.2, -0.15) is 4.98 Å². The Morgan fingerprint density at radius 3 is 2.80 bits per heavy atom. The lowest BCUT2D eigenvalue weighted by Gasteiger charge is -2.00. The van der Waals surface area contributed by atoms with Gasteiger partial charge in [0, 0.05) is 5.39 Å². The molecular weight excluding hydrogens is 190 g/mol. The Bertz CT molecular complexity index is 700. The van der Waals surface area contributed by atoms with Crippen molar-refractivity contribution < 1.29 is 4.42 Å². The molecule has 3 nitrogen and oxygen atoms in total. The second kappa shape index (κ2) is 2.92. The van der Waals surface area contributed by atoms with E-state index in [1.807, 2.05) is 30.3 Å². The Labute approximate surface area is 85.0 Å². The van der Waals surface area contributed by atoms with Gasteiger partial charge >= 0.3 is 0 Å². The Morgan fingerprint density at radius 2 is 1.87 bits per heavy atom. The number of fused-ring (bicyclic) bond motifs is 3. The minimum atomic E-state index is -0.248. The molecule has 1 aromatic heterocycles. The van der Waals surface area contributed by atoms with Gasteiger partial charge in [0.05, 0.1) is 5.39 Å². The SMILES string of the molecule is O=c1ncoc2c1ccc1ccccc12. The predicted molar refractivity (Wildman–Crippen MR) is 57.8 cm³/mol. The van der Waals surface area contributed by atoms with Crippen molar-refractivity contribution in [3.8, 4) is 0 Å². The average Bonchev–Trinajstić information content (AvgIpc) is 2.29. The molecule has 0 spiro atoms. The molecule has 0 saturated heterocycles. The zero-order valence-corrected chi connectivity index (χ0v) is 7.81. The van der Waals surface area contributed by atoms with Crippen LogP contribution in [0.5, 0.6) is 0 Å². The van der Waals surface area contributed by atoms with Gasteiger partial charge in [0.2, 0.25) is 0 Å². The summed E-state index contributed by atoms with van der Waals surface area (Å²) in [6.45, 7) is 0. The summed E-state index contributed by atoms with van der Waals surface area (Å²) in [5, 5.41) is 2.52. The van der Waals surface area contributed by atoms with Gasteiger partial charge in [-0.05, 0) is 11.5 Å². The van der Waals surface area contributed by atoms with E-state index in [0.717, 1.165) is 10.8 Å². The summed E-state index contributed by atoms with van der Waals surface area (Å²) >= 11 is 0. The molecule has 15 heavy (non-hydrogen) atoms. The van der Waals surface area contributed by atoms with Crippen molar-refractivity contribution in [1.29, 1.82) is 0 Å². The van der Waals surface area contributed by atoms with Crippen molar-refractivity contribution in [3.63, 3.8) is 0 Å². The molecule has 3 aromatic rings. The van der Waals surface area contributed by atoms with Crippen molar-refractivity contribution in [2.45, 2.75) is 0 Å². The second-order valence-corrected chi connectivity index (χ2v) is 3.32. The molecule has 0 aliphatic heterocycles. The topological polar surface area (TPSA) is 43.1 Å². The highest BCUT2D eigenvalue weighted by Gasteiger charge is 2.04. The Morgan fingerprint density at radius 1 is 1.00 bits per heavy atom. The summed E-state index contributed by atoms with van der Waals surface area (Å²) in [5.41, 5.74) is 0.357. The highest BCUT2D eigenvalue weighted by molar-refractivity contribution is 6.03. The number of aromatic nitrogens is 1. The molecule has 1 heterocycles. The van der Waals surface area contributed by atoms with Crippen LogP contribution in [0, 0.1) is 0 Å². The van der Waals surface area contributed by atoms with Gasteiger partial charge in [0.1, 0.15) is 5.58 Å². The van der Waals surface area contributed by atoms with E-state index in [4.69, 9.17) is 4.42 Å². The van der Waals surface area contributed by atoms with Crippen LogP contribution in [-0.2, 0) is 0 Å². The highest BCUT2D eigenvalue weighted by Crippen LogP contribution is 2.22. The van der Waals surface area contributed by atoms with Crippen LogP contribution in [0.4, 0.5) is 0 Å². The second-order valence-electron chi connectivity index (χ2n) is 3.32. The van der Waals surface area contributed by atoms with E-state index < -0.39 is 0 Å². The smallest absolute Gasteiger partial charge is 0.283 e. The fourth-order valence-electron chi connectivity index (χ4n) is 1.73. The first-order valence-corrected chi connectivity index (χ1v) is 4.61. The van der Waals surface area contributed by atoms with Gasteiger partial charge in [-0.15, -0.1) is 0 Å². The van der Waals surface area contributed by atoms with Crippen LogP contribution in [-0.4, -0.2) is 4.98 Å². The third-order valence-corrected chi connectivity index (χ3v) is 2.45. The molecular formula is C12H7NO2. The van der Waals surface area contributed by atoms with Crippen LogP contribution in [0.2, 0.25) is 0 Å². The monoisotopic (exact) mass is 197 g/mol. The Balaban J connectivity index is 2.67. The van der Waals surface area contributed by atoms with Crippen LogP contribution in [0.15, 0.2) is 52.0 Å². The lowest BCUT2D eigenvalue weighted by molar-refractivity contribution is 0.579. The van der Waals surface area contributed by atoms with Gasteiger partial charge in [-0.3, -0.25) is 4.79 Å². The maximum Gasteiger partial charge on any atom is 0.283 e. The zero-order chi connectivity index (χ0) is 10.3. The summed E-state index contributed by atoms with van der Waals surface area (Å²) in [6.07, 6.45) is 1.19. The molecule has 0 N–H and O–H groups in total. The molecule has 3 rings (SSSR count). The van der Waals surface area contributed by atoms with Gasteiger partial charge in [0.25, 0.3) is 5.56 Å². The molecule has 0 radical (unpaired) electrons. The molecule has 2 aromatic carbocycles. The summed E-state index contributed by atoms with van der Waals surface area (Å²) in [6, 6.07) is 11.4. The zero-order valence-electron chi connectivity index (χ0n) is 7.81. The fourth-order valence-corrected chi connectivity index (χ4v) is 1.73. The summed E-state index contributed by atoms with van der Waals surface area (Å²) < 4.78 is 5.29. The molecule has 72 valence electrons. The standard InChI is InChI=1S/C12H7NO2/c14-12-10-6-5-8-3-1-2-4-9(8)11(10)15-7-13-12/h1-7H. The van der Waals surface area contributed by atoms with Gasteiger partial charge in [-0.1, -0.05) is 30.3 Å². The predicted octanol–water partition coefficient (Wildman–Crippen LogP) is 2.34. The van der Waals surface area contributed by atoms with E-state index in [2.05, 4.69) is 4.98 Å². The largest absolute Gasteiger partial charge is 0.444 e. The number of nitrogens with zero attached hydrogens (tertiary/aromatic N) is 1. The van der Waals surface area contributed by atoms with Crippen LogP contribution >= 0.6 is 0 Å². The maximum atomic E-state index is 11.5. The molecule has 0 saturated carbocycles. The first-order valence-electron chi connectivity index (χ1n) is 4.61. The van der Waals surface area contributed by atoms with Crippen LogP contribution in [0.1, 0.15) is 0 Å². The lowest BCUT2D eigenvalue weighted by Crippen LogP contribution is -2.03. The molecule has 0 amide bonds. The van der Waals surface area contributed by atoms with Gasteiger partial charge < -0.3 is 4.42 Å². The molecule has 0 atom stereocenters. The van der Waals surface area contributed by atoms with Crippen molar-refractivity contribution in [2.75, 3.05) is 0 Å². The summed E-state index contributed by atoms with van der Waals surface area (Å²) in [7, 11) is 0. The van der Waals surface area contributed by atoms with E-state index in [-0.39, 0.29) is 5.56 Å².